The van der Waals surface area contributed by atoms with E-state index in [1.54, 1.807) is 0 Å². The highest BCUT2D eigenvalue weighted by molar-refractivity contribution is 7.51. The van der Waals surface area contributed by atoms with E-state index in [1.165, 1.54) is 64.2 Å². The number of hydrogen-bond acceptors (Lipinski definition) is 10. The molecule has 1 aromatic heterocycles. The van der Waals surface area contributed by atoms with E-state index < -0.39 is 7.60 Å². The van der Waals surface area contributed by atoms with Crippen LogP contribution in [-0.2, 0) is 4.57 Å². The summed E-state index contributed by atoms with van der Waals surface area (Å²) in [7, 11) is -3.99. The number of aromatic nitrogens is 3. The fourth-order valence-electron chi connectivity index (χ4n) is 6.28. The van der Waals surface area contributed by atoms with E-state index in [-0.39, 0.29) is 12.1 Å². The highest BCUT2D eigenvalue weighted by Gasteiger charge is 2.23. The van der Waals surface area contributed by atoms with Crippen LogP contribution in [0.1, 0.15) is 70.6 Å². The molecule has 0 aromatic carbocycles. The quantitative estimate of drug-likeness (QED) is 0.140. The minimum absolute atomic E-state index is 0.115. The smallest absolute Gasteiger partial charge is 0.326 e. The summed E-state index contributed by atoms with van der Waals surface area (Å²) in [5, 5.41) is 10.8. The number of nitrogens with zero attached hydrogens (tertiary/aromatic N) is 5. The van der Waals surface area contributed by atoms with E-state index in [9.17, 15) is 14.4 Å². The molecule has 228 valence electrons. The van der Waals surface area contributed by atoms with Crippen LogP contribution in [0, 0.1) is 11.8 Å². The van der Waals surface area contributed by atoms with Crippen molar-refractivity contribution in [2.45, 2.75) is 76.7 Å². The van der Waals surface area contributed by atoms with Crippen LogP contribution in [0.25, 0.3) is 0 Å². The van der Waals surface area contributed by atoms with Gasteiger partial charge < -0.3 is 41.3 Å². The van der Waals surface area contributed by atoms with Gasteiger partial charge in [0.15, 0.2) is 0 Å². The van der Waals surface area contributed by atoms with Gasteiger partial charge in [0.25, 0.3) is 0 Å². The standard InChI is InChI=1S/C27H52N9O3P/c28-25-32-26(34-27(33-25)36-15-5-14-35(16-17-36)18-19-40(37,38)39)31-21-23-10-8-22(9-11-23)20-29-12-4-13-30-24-6-2-1-3-7-24/h22-24,29-30H,1-21H2,(H2,37,38,39)(H3,28,31,32,33,34)/t22-,23-. The van der Waals surface area contributed by atoms with Crippen LogP contribution in [0.4, 0.5) is 17.8 Å². The first kappa shape index (κ1) is 31.4. The van der Waals surface area contributed by atoms with Gasteiger partial charge in [-0.25, -0.2) is 0 Å². The molecule has 0 atom stereocenters. The van der Waals surface area contributed by atoms with Crippen LogP contribution in [-0.4, -0.2) is 101 Å². The van der Waals surface area contributed by atoms with Crippen molar-refractivity contribution in [3.8, 4) is 0 Å². The molecule has 0 radical (unpaired) electrons. The summed E-state index contributed by atoms with van der Waals surface area (Å²) in [5.74, 6) is 2.68. The van der Waals surface area contributed by atoms with Gasteiger partial charge in [-0.1, -0.05) is 19.3 Å². The predicted octanol–water partition coefficient (Wildman–Crippen LogP) is 2.26. The number of nitrogens with one attached hydrogen (secondary N) is 3. The third kappa shape index (κ3) is 11.4. The molecule has 2 aliphatic carbocycles. The summed E-state index contributed by atoms with van der Waals surface area (Å²) < 4.78 is 11.2. The fourth-order valence-corrected chi connectivity index (χ4v) is 6.82. The zero-order chi connectivity index (χ0) is 28.2. The number of nitrogens with two attached hydrogens (primary N) is 1. The lowest BCUT2D eigenvalue weighted by atomic mass is 9.82. The molecule has 0 amide bonds. The average molecular weight is 582 g/mol. The van der Waals surface area contributed by atoms with Crippen LogP contribution in [0.3, 0.4) is 0 Å². The van der Waals surface area contributed by atoms with E-state index >= 15 is 0 Å². The molecule has 0 unspecified atom stereocenters. The average Bonchev–Trinajstić information content (AvgIpc) is 3.19. The van der Waals surface area contributed by atoms with E-state index in [1.807, 2.05) is 0 Å². The third-order valence-electron chi connectivity index (χ3n) is 8.74. The number of rotatable bonds is 14. The SMILES string of the molecule is Nc1nc(NC[C@H]2CC[C@H](CNCCCNC3CCCCC3)CC2)nc(N2CCCN(CCP(=O)(O)O)CC2)n1. The minimum atomic E-state index is -3.99. The Hall–Kier alpha value is -1.56. The Kier molecular flexibility index (Phi) is 12.7. The Balaban J connectivity index is 1.11. The van der Waals surface area contributed by atoms with Crippen molar-refractivity contribution in [3.63, 3.8) is 0 Å². The Bertz CT molecular complexity index is 923. The van der Waals surface area contributed by atoms with Gasteiger partial charge in [-0.15, -0.1) is 0 Å². The second kappa shape index (κ2) is 16.2. The summed E-state index contributed by atoms with van der Waals surface area (Å²) in [6, 6.07) is 0.758. The van der Waals surface area contributed by atoms with E-state index in [0.717, 1.165) is 57.6 Å². The maximum Gasteiger partial charge on any atom is 0.326 e. The highest BCUT2D eigenvalue weighted by atomic mass is 31.2. The number of nitrogen functional groups attached to an aromatic ring is 1. The van der Waals surface area contributed by atoms with E-state index in [2.05, 4.69) is 40.7 Å². The zero-order valence-corrected chi connectivity index (χ0v) is 25.0. The maximum absolute atomic E-state index is 11.2. The summed E-state index contributed by atoms with van der Waals surface area (Å²) in [5.41, 5.74) is 6.03. The Morgan fingerprint density at radius 3 is 2.35 bits per heavy atom. The molecule has 7 N–H and O–H groups in total. The lowest BCUT2D eigenvalue weighted by Crippen LogP contribution is -2.34. The van der Waals surface area contributed by atoms with Crippen molar-refractivity contribution in [1.29, 1.82) is 0 Å². The molecule has 2 heterocycles. The van der Waals surface area contributed by atoms with Crippen molar-refractivity contribution in [2.24, 2.45) is 11.8 Å². The van der Waals surface area contributed by atoms with Crippen LogP contribution in [0.5, 0.6) is 0 Å². The Labute approximate surface area is 239 Å². The second-order valence-electron chi connectivity index (χ2n) is 12.0. The summed E-state index contributed by atoms with van der Waals surface area (Å²) >= 11 is 0. The van der Waals surface area contributed by atoms with Gasteiger partial charge in [0.1, 0.15) is 0 Å². The Morgan fingerprint density at radius 1 is 0.850 bits per heavy atom. The number of hydrogen-bond donors (Lipinski definition) is 6. The normalized spacial score (nSPS) is 23.7. The molecule has 3 fully saturated rings. The van der Waals surface area contributed by atoms with Gasteiger partial charge in [0.2, 0.25) is 17.8 Å². The van der Waals surface area contributed by atoms with Crippen LogP contribution in [0.2, 0.25) is 0 Å². The summed E-state index contributed by atoms with van der Waals surface area (Å²) in [6.45, 7) is 7.53. The molecule has 1 saturated heterocycles. The van der Waals surface area contributed by atoms with E-state index in [0.29, 0.717) is 37.4 Å². The van der Waals surface area contributed by atoms with Crippen LogP contribution >= 0.6 is 7.60 Å². The minimum Gasteiger partial charge on any atom is -0.368 e. The van der Waals surface area contributed by atoms with Crippen molar-refractivity contribution in [1.82, 2.24) is 30.5 Å². The van der Waals surface area contributed by atoms with Gasteiger partial charge >= 0.3 is 7.60 Å². The molecule has 0 bridgehead atoms. The molecule has 2 saturated carbocycles. The summed E-state index contributed by atoms with van der Waals surface area (Å²) in [6.07, 6.45) is 13.8. The number of anilines is 3. The lowest BCUT2D eigenvalue weighted by molar-refractivity contribution is 0.275. The first-order valence-electron chi connectivity index (χ1n) is 15.6. The molecule has 13 heteroatoms. The van der Waals surface area contributed by atoms with Gasteiger partial charge in [-0.05, 0) is 89.4 Å². The topological polar surface area (TPSA) is 165 Å². The van der Waals surface area contributed by atoms with Crippen molar-refractivity contribution < 1.29 is 14.4 Å². The second-order valence-corrected chi connectivity index (χ2v) is 13.8. The zero-order valence-electron chi connectivity index (χ0n) is 24.1. The molecular weight excluding hydrogens is 529 g/mol. The monoisotopic (exact) mass is 581 g/mol. The molecule has 1 aliphatic heterocycles. The first-order chi connectivity index (χ1) is 19.3. The van der Waals surface area contributed by atoms with Gasteiger partial charge in [0, 0.05) is 38.8 Å². The molecular formula is C27H52N9O3P. The van der Waals surface area contributed by atoms with Gasteiger partial charge in [-0.2, -0.15) is 15.0 Å². The molecule has 40 heavy (non-hydrogen) atoms. The summed E-state index contributed by atoms with van der Waals surface area (Å²) in [4.78, 5) is 35.9. The lowest BCUT2D eigenvalue weighted by Gasteiger charge is -2.29. The maximum atomic E-state index is 11.2. The molecule has 12 nitrogen and oxygen atoms in total. The van der Waals surface area contributed by atoms with E-state index in [4.69, 9.17) is 5.73 Å². The molecule has 0 spiro atoms. The molecule has 4 rings (SSSR count). The highest BCUT2D eigenvalue weighted by Crippen LogP contribution is 2.34. The first-order valence-corrected chi connectivity index (χ1v) is 17.4. The van der Waals surface area contributed by atoms with Crippen molar-refractivity contribution >= 4 is 25.4 Å². The predicted molar refractivity (Wildman–Crippen MR) is 161 cm³/mol. The molecule has 3 aliphatic rings. The van der Waals surface area contributed by atoms with Crippen molar-refractivity contribution in [2.75, 3.05) is 81.0 Å². The van der Waals surface area contributed by atoms with Gasteiger partial charge in [-0.3, -0.25) is 4.57 Å². The fraction of sp³-hybridized carbons (Fsp3) is 0.889. The van der Waals surface area contributed by atoms with Crippen molar-refractivity contribution in [3.05, 3.63) is 0 Å². The third-order valence-corrected chi connectivity index (χ3v) is 9.52. The van der Waals surface area contributed by atoms with Gasteiger partial charge in [0.05, 0.1) is 6.16 Å². The van der Waals surface area contributed by atoms with Crippen LogP contribution < -0.4 is 26.6 Å². The Morgan fingerprint density at radius 2 is 1.60 bits per heavy atom. The molecule has 1 aromatic rings. The largest absolute Gasteiger partial charge is 0.368 e. The van der Waals surface area contributed by atoms with Crippen LogP contribution in [0.15, 0.2) is 0 Å².